The van der Waals surface area contributed by atoms with Crippen molar-refractivity contribution < 1.29 is 0 Å². The number of rotatable bonds is 3. The van der Waals surface area contributed by atoms with E-state index in [-0.39, 0.29) is 10.2 Å². The van der Waals surface area contributed by atoms with E-state index in [4.69, 9.17) is 34.8 Å². The van der Waals surface area contributed by atoms with Gasteiger partial charge in [-0.15, -0.1) is 34.8 Å². The largest absolute Gasteiger partial charge is 0.125 e. The van der Waals surface area contributed by atoms with Gasteiger partial charge < -0.3 is 0 Å². The Labute approximate surface area is 86.5 Å². The van der Waals surface area contributed by atoms with Gasteiger partial charge in [0, 0.05) is 10.2 Å². The molecule has 0 N–H and O–H groups in total. The van der Waals surface area contributed by atoms with Crippen LogP contribution in [-0.4, -0.2) is 20.4 Å². The summed E-state index contributed by atoms with van der Waals surface area (Å²) in [6.45, 7) is 0. The van der Waals surface area contributed by atoms with Gasteiger partial charge >= 0.3 is 0 Å². The number of halogens is 5. The Hall–Kier alpha value is 1.83. The highest BCUT2D eigenvalue weighted by atomic mass is 79.9. The molecule has 5 heteroatoms. The fraction of sp³-hybridized carbons (Fsp3) is 1.00. The van der Waals surface area contributed by atoms with Gasteiger partial charge in [0.25, 0.3) is 0 Å². The van der Waals surface area contributed by atoms with Gasteiger partial charge in [-0.2, -0.15) is 0 Å². The molecule has 0 aromatic rings. The van der Waals surface area contributed by atoms with E-state index in [1.54, 1.807) is 0 Å². The van der Waals surface area contributed by atoms with Gasteiger partial charge in [-0.05, 0) is 0 Å². The molecule has 0 aliphatic rings. The lowest BCUT2D eigenvalue weighted by Crippen LogP contribution is -2.22. The van der Waals surface area contributed by atoms with E-state index in [0.29, 0.717) is 0 Å². The maximum absolute atomic E-state index is 5.73. The van der Waals surface area contributed by atoms with Crippen LogP contribution in [0, 0.1) is 0 Å². The van der Waals surface area contributed by atoms with Gasteiger partial charge in [0.2, 0.25) is 0 Å². The Kier molecular flexibility index (Phi) is 6.59. The summed E-state index contributed by atoms with van der Waals surface area (Å²) in [5, 5.41) is 0.504. The van der Waals surface area contributed by atoms with Crippen molar-refractivity contribution in [2.75, 3.05) is 5.33 Å². The minimum Gasteiger partial charge on any atom is -0.119 e. The molecule has 9 heavy (non-hydrogen) atoms. The lowest BCUT2D eigenvalue weighted by molar-refractivity contribution is 0.917. The van der Waals surface area contributed by atoms with Gasteiger partial charge in [-0.1, -0.05) is 31.9 Å². The van der Waals surface area contributed by atoms with Crippen LogP contribution in [-0.2, 0) is 0 Å². The Morgan fingerprint density at radius 3 is 1.78 bits per heavy atom. The average Bonchev–Trinajstić information content (AvgIpc) is 1.84. The first-order valence-electron chi connectivity index (χ1n) is 2.22. The Morgan fingerprint density at radius 1 is 1.22 bits per heavy atom. The summed E-state index contributed by atoms with van der Waals surface area (Å²) >= 11 is 23.2. The summed E-state index contributed by atoms with van der Waals surface area (Å²) in [5.41, 5.74) is 0. The predicted molar refractivity (Wildman–Crippen MR) is 51.6 cm³/mol. The second-order valence-electron chi connectivity index (χ2n) is 1.45. The third-order valence-corrected chi connectivity index (χ3v) is 4.85. The first-order valence-corrected chi connectivity index (χ1v) is 5.56. The summed E-state index contributed by atoms with van der Waals surface area (Å²) in [5.74, 6) is 0. The third kappa shape index (κ3) is 4.31. The molecule has 2 unspecified atom stereocenters. The molecule has 0 nitrogen and oxygen atoms in total. The Bertz CT molecular complexity index is 78.2. The van der Waals surface area contributed by atoms with Crippen LogP contribution in [0.25, 0.3) is 0 Å². The van der Waals surface area contributed by atoms with Gasteiger partial charge in [0.1, 0.15) is 4.84 Å². The third-order valence-electron chi connectivity index (χ3n) is 0.734. The maximum atomic E-state index is 5.73. The molecule has 0 amide bonds. The predicted octanol–water partition coefficient (Wildman–Crippen LogP) is 3.56. The molecule has 0 heterocycles. The minimum atomic E-state index is -0.520. The molecule has 0 aliphatic heterocycles. The molecular weight excluding hydrogens is 314 g/mol. The SMILES string of the molecule is ClC(Cl)C(Cl)C(Br)CBr. The van der Waals surface area contributed by atoms with E-state index in [1.807, 2.05) is 0 Å². The molecule has 2 atom stereocenters. The van der Waals surface area contributed by atoms with Crippen LogP contribution in [0.3, 0.4) is 0 Å². The van der Waals surface area contributed by atoms with Crippen molar-refractivity contribution in [3.8, 4) is 0 Å². The zero-order valence-corrected chi connectivity index (χ0v) is 9.77. The van der Waals surface area contributed by atoms with Crippen molar-refractivity contribution in [2.24, 2.45) is 0 Å². The van der Waals surface area contributed by atoms with Gasteiger partial charge in [0.05, 0.1) is 5.38 Å². The van der Waals surface area contributed by atoms with Crippen LogP contribution in [0.2, 0.25) is 0 Å². The van der Waals surface area contributed by atoms with Crippen LogP contribution in [0.15, 0.2) is 0 Å². The summed E-state index contributed by atoms with van der Waals surface area (Å²) in [7, 11) is 0. The standard InChI is InChI=1S/C4H5Br2Cl3/c5-1-2(6)3(7)4(8)9/h2-4H,1H2. The van der Waals surface area contributed by atoms with Crippen molar-refractivity contribution >= 4 is 66.7 Å². The van der Waals surface area contributed by atoms with Crippen molar-refractivity contribution in [1.82, 2.24) is 0 Å². The summed E-state index contributed by atoms with van der Waals surface area (Å²) in [6.07, 6.45) is 0. The van der Waals surface area contributed by atoms with Crippen molar-refractivity contribution in [3.63, 3.8) is 0 Å². The highest BCUT2D eigenvalue weighted by Gasteiger charge is 2.21. The molecule has 0 saturated carbocycles. The molecule has 0 radical (unpaired) electrons. The van der Waals surface area contributed by atoms with Crippen molar-refractivity contribution in [2.45, 2.75) is 15.0 Å². The molecule has 0 fully saturated rings. The quantitative estimate of drug-likeness (QED) is 0.698. The van der Waals surface area contributed by atoms with Crippen molar-refractivity contribution in [3.05, 3.63) is 0 Å². The molecular formula is C4H5Br2Cl3. The summed E-state index contributed by atoms with van der Waals surface area (Å²) in [6, 6.07) is 0. The number of hydrogen-bond donors (Lipinski definition) is 0. The molecule has 0 spiro atoms. The van der Waals surface area contributed by atoms with E-state index < -0.39 is 4.84 Å². The van der Waals surface area contributed by atoms with E-state index in [2.05, 4.69) is 31.9 Å². The zero-order chi connectivity index (χ0) is 7.44. The fourth-order valence-electron chi connectivity index (χ4n) is 0.243. The van der Waals surface area contributed by atoms with Gasteiger partial charge in [0.15, 0.2) is 0 Å². The summed E-state index contributed by atoms with van der Waals surface area (Å²) < 4.78 is 0. The Balaban J connectivity index is 3.58. The molecule has 0 aromatic carbocycles. The van der Waals surface area contributed by atoms with Crippen LogP contribution < -0.4 is 0 Å². The van der Waals surface area contributed by atoms with E-state index in [0.717, 1.165) is 5.33 Å². The average molecular weight is 319 g/mol. The minimum absolute atomic E-state index is 0.124. The molecule has 0 rings (SSSR count). The van der Waals surface area contributed by atoms with Crippen LogP contribution in [0.4, 0.5) is 0 Å². The van der Waals surface area contributed by atoms with E-state index in [1.165, 1.54) is 0 Å². The van der Waals surface area contributed by atoms with E-state index >= 15 is 0 Å². The molecule has 0 saturated heterocycles. The molecule has 0 bridgehead atoms. The lowest BCUT2D eigenvalue weighted by Gasteiger charge is -2.13. The number of alkyl halides is 5. The zero-order valence-electron chi connectivity index (χ0n) is 4.33. The van der Waals surface area contributed by atoms with Crippen LogP contribution >= 0.6 is 66.7 Å². The highest BCUT2D eigenvalue weighted by molar-refractivity contribution is 9.12. The fourth-order valence-corrected chi connectivity index (χ4v) is 1.96. The summed E-state index contributed by atoms with van der Waals surface area (Å²) in [4.78, 5) is -0.396. The molecule has 0 aliphatic carbocycles. The maximum Gasteiger partial charge on any atom is 0.125 e. The first kappa shape index (κ1) is 10.8. The monoisotopic (exact) mass is 316 g/mol. The Morgan fingerprint density at radius 2 is 1.67 bits per heavy atom. The first-order chi connectivity index (χ1) is 4.09. The number of hydrogen-bond acceptors (Lipinski definition) is 0. The second kappa shape index (κ2) is 5.48. The highest BCUT2D eigenvalue weighted by Crippen LogP contribution is 2.23. The van der Waals surface area contributed by atoms with Crippen molar-refractivity contribution in [1.29, 1.82) is 0 Å². The molecule has 56 valence electrons. The van der Waals surface area contributed by atoms with E-state index in [9.17, 15) is 0 Å². The van der Waals surface area contributed by atoms with Gasteiger partial charge in [-0.3, -0.25) is 0 Å². The second-order valence-corrected chi connectivity index (χ2v) is 4.94. The van der Waals surface area contributed by atoms with Gasteiger partial charge in [-0.25, -0.2) is 0 Å². The normalized spacial score (nSPS) is 18.0. The molecule has 0 aromatic heterocycles. The van der Waals surface area contributed by atoms with Crippen LogP contribution in [0.5, 0.6) is 0 Å². The van der Waals surface area contributed by atoms with Crippen LogP contribution in [0.1, 0.15) is 0 Å². The topological polar surface area (TPSA) is 0 Å². The smallest absolute Gasteiger partial charge is 0.119 e. The lowest BCUT2D eigenvalue weighted by atomic mass is 10.4.